The van der Waals surface area contributed by atoms with Gasteiger partial charge in [-0.15, -0.1) is 0 Å². The Balaban J connectivity index is 1.41. The van der Waals surface area contributed by atoms with Gasteiger partial charge in [-0.25, -0.2) is 0 Å². The van der Waals surface area contributed by atoms with Crippen molar-refractivity contribution in [2.24, 2.45) is 17.8 Å². The Hall–Kier alpha value is -1.60. The first-order chi connectivity index (χ1) is 14.9. The summed E-state index contributed by atoms with van der Waals surface area (Å²) >= 11 is 3.34. The van der Waals surface area contributed by atoms with Gasteiger partial charge < -0.3 is 14.7 Å². The van der Waals surface area contributed by atoms with Gasteiger partial charge in [0.25, 0.3) is 0 Å². The quantitative estimate of drug-likeness (QED) is 0.582. The molecule has 172 valence electrons. The molecule has 1 aromatic rings. The second-order valence-corrected chi connectivity index (χ2v) is 9.83. The summed E-state index contributed by atoms with van der Waals surface area (Å²) in [7, 11) is 0. The van der Waals surface area contributed by atoms with Gasteiger partial charge in [0.1, 0.15) is 5.75 Å². The number of piperidine rings is 2. The molecule has 2 fully saturated rings. The second kappa shape index (κ2) is 11.3. The zero-order valence-electron chi connectivity index (χ0n) is 18.7. The van der Waals surface area contributed by atoms with Gasteiger partial charge >= 0.3 is 5.97 Å². The van der Waals surface area contributed by atoms with Gasteiger partial charge in [-0.1, -0.05) is 13.0 Å². The summed E-state index contributed by atoms with van der Waals surface area (Å²) in [5, 5.41) is 9.65. The molecule has 0 bridgehead atoms. The zero-order valence-corrected chi connectivity index (χ0v) is 20.3. The van der Waals surface area contributed by atoms with E-state index in [-0.39, 0.29) is 23.5 Å². The second-order valence-electron chi connectivity index (χ2n) is 8.97. The number of hydrogen-bond donors (Lipinski definition) is 1. The Morgan fingerprint density at radius 1 is 1.13 bits per heavy atom. The Kier molecular flexibility index (Phi) is 8.78. The first-order valence-electron chi connectivity index (χ1n) is 11.5. The fourth-order valence-corrected chi connectivity index (χ4v) is 5.42. The number of carbonyl (C=O) groups excluding carboxylic acids is 2. The van der Waals surface area contributed by atoms with Crippen molar-refractivity contribution in [2.75, 3.05) is 39.3 Å². The van der Waals surface area contributed by atoms with Crippen LogP contribution in [0, 0.1) is 17.8 Å². The average molecular weight is 495 g/mol. The monoisotopic (exact) mass is 494 g/mol. The lowest BCUT2D eigenvalue weighted by Crippen LogP contribution is -2.45. The molecule has 1 amide bonds. The van der Waals surface area contributed by atoms with Crippen LogP contribution in [0.25, 0.3) is 0 Å². The van der Waals surface area contributed by atoms with E-state index in [4.69, 9.17) is 4.74 Å². The number of likely N-dealkylation sites (tertiary alicyclic amines) is 2. The molecule has 3 rings (SSSR count). The number of rotatable bonds is 7. The van der Waals surface area contributed by atoms with E-state index in [1.54, 1.807) is 6.07 Å². The highest BCUT2D eigenvalue weighted by molar-refractivity contribution is 9.10. The number of hydrogen-bond acceptors (Lipinski definition) is 5. The number of carbonyl (C=O) groups is 2. The van der Waals surface area contributed by atoms with Crippen LogP contribution in [0.15, 0.2) is 22.7 Å². The van der Waals surface area contributed by atoms with E-state index in [2.05, 4.69) is 20.8 Å². The molecule has 0 spiro atoms. The summed E-state index contributed by atoms with van der Waals surface area (Å²) in [6.45, 7) is 8.29. The largest absolute Gasteiger partial charge is 0.507 e. The van der Waals surface area contributed by atoms with Crippen molar-refractivity contribution >= 4 is 27.8 Å². The predicted octanol–water partition coefficient (Wildman–Crippen LogP) is 3.85. The van der Waals surface area contributed by atoms with Gasteiger partial charge in [0.05, 0.1) is 17.6 Å². The van der Waals surface area contributed by atoms with E-state index in [1.807, 2.05) is 30.9 Å². The first-order valence-corrected chi connectivity index (χ1v) is 12.3. The summed E-state index contributed by atoms with van der Waals surface area (Å²) in [6.07, 6.45) is 5.09. The maximum Gasteiger partial charge on any atom is 0.320 e. The fourth-order valence-electron chi connectivity index (χ4n) is 4.99. The molecule has 2 aliphatic rings. The maximum atomic E-state index is 13.0. The minimum Gasteiger partial charge on any atom is -0.507 e. The van der Waals surface area contributed by atoms with Gasteiger partial charge in [-0.2, -0.15) is 0 Å². The minimum absolute atomic E-state index is 0.0703. The van der Waals surface area contributed by atoms with Gasteiger partial charge in [0.15, 0.2) is 0 Å². The molecule has 1 atom stereocenters. The summed E-state index contributed by atoms with van der Waals surface area (Å²) < 4.78 is 5.72. The number of amides is 1. The average Bonchev–Trinajstić information content (AvgIpc) is 2.76. The van der Waals surface area contributed by atoms with Crippen molar-refractivity contribution in [1.29, 1.82) is 0 Å². The molecule has 0 aromatic heterocycles. The van der Waals surface area contributed by atoms with Crippen molar-refractivity contribution in [3.63, 3.8) is 0 Å². The Morgan fingerprint density at radius 3 is 2.32 bits per heavy atom. The van der Waals surface area contributed by atoms with Gasteiger partial charge in [-0.3, -0.25) is 14.5 Å². The standard InChI is InChI=1S/C24H35BrN2O4/c1-3-31-23(29)16-26-10-6-19(7-11-26)20-8-12-27(13-9-20)24(30)17(2)14-18-4-5-22(28)21(25)15-18/h4-5,15,17,19-20,28H,3,6-14,16H2,1-2H3/t17-/m1/s1. The fraction of sp³-hybridized carbons (Fsp3) is 0.667. The van der Waals surface area contributed by atoms with Crippen LogP contribution < -0.4 is 0 Å². The third-order valence-electron chi connectivity index (χ3n) is 6.78. The highest BCUT2D eigenvalue weighted by atomic mass is 79.9. The van der Waals surface area contributed by atoms with E-state index in [0.29, 0.717) is 35.9 Å². The molecular weight excluding hydrogens is 460 g/mol. The highest BCUT2D eigenvalue weighted by Crippen LogP contribution is 2.33. The third-order valence-corrected chi connectivity index (χ3v) is 7.42. The van der Waals surface area contributed by atoms with Crippen molar-refractivity contribution in [3.8, 4) is 5.75 Å². The highest BCUT2D eigenvalue weighted by Gasteiger charge is 2.32. The third kappa shape index (κ3) is 6.69. The SMILES string of the molecule is CCOC(=O)CN1CCC(C2CCN(C(=O)[C@H](C)Cc3ccc(O)c(Br)c3)CC2)CC1. The van der Waals surface area contributed by atoms with E-state index in [0.717, 1.165) is 57.4 Å². The molecule has 0 saturated carbocycles. The predicted molar refractivity (Wildman–Crippen MR) is 124 cm³/mol. The number of phenols is 1. The van der Waals surface area contributed by atoms with Crippen molar-refractivity contribution in [1.82, 2.24) is 9.80 Å². The van der Waals surface area contributed by atoms with Gasteiger partial charge in [-0.05, 0) is 97.6 Å². The lowest BCUT2D eigenvalue weighted by molar-refractivity contribution is -0.144. The molecule has 1 N–H and O–H groups in total. The first kappa shape index (κ1) is 24.1. The zero-order chi connectivity index (χ0) is 22.4. The smallest absolute Gasteiger partial charge is 0.320 e. The lowest BCUT2D eigenvalue weighted by Gasteiger charge is -2.40. The molecule has 2 heterocycles. The van der Waals surface area contributed by atoms with Crippen LogP contribution in [-0.4, -0.2) is 66.1 Å². The topological polar surface area (TPSA) is 70.1 Å². The van der Waals surface area contributed by atoms with Crippen LogP contribution in [-0.2, 0) is 20.7 Å². The number of ether oxygens (including phenoxy) is 1. The van der Waals surface area contributed by atoms with Gasteiger partial charge in [0.2, 0.25) is 5.91 Å². The molecule has 2 aliphatic heterocycles. The van der Waals surface area contributed by atoms with E-state index in [1.165, 1.54) is 0 Å². The Labute approximate surface area is 194 Å². The van der Waals surface area contributed by atoms with Crippen molar-refractivity contribution in [2.45, 2.75) is 46.0 Å². The molecular formula is C24H35BrN2O4. The lowest BCUT2D eigenvalue weighted by atomic mass is 9.78. The molecule has 1 aromatic carbocycles. The van der Waals surface area contributed by atoms with Crippen LogP contribution in [0.4, 0.5) is 0 Å². The summed E-state index contributed by atoms with van der Waals surface area (Å²) in [6, 6.07) is 5.43. The molecule has 6 nitrogen and oxygen atoms in total. The Bertz CT molecular complexity index is 756. The van der Waals surface area contributed by atoms with Crippen LogP contribution >= 0.6 is 15.9 Å². The van der Waals surface area contributed by atoms with Crippen LogP contribution in [0.5, 0.6) is 5.75 Å². The number of benzene rings is 1. The van der Waals surface area contributed by atoms with Crippen LogP contribution in [0.1, 0.15) is 45.1 Å². The van der Waals surface area contributed by atoms with E-state index < -0.39 is 0 Å². The van der Waals surface area contributed by atoms with Crippen molar-refractivity contribution in [3.05, 3.63) is 28.2 Å². The van der Waals surface area contributed by atoms with E-state index in [9.17, 15) is 14.7 Å². The Morgan fingerprint density at radius 2 is 1.74 bits per heavy atom. The van der Waals surface area contributed by atoms with Gasteiger partial charge in [0, 0.05) is 19.0 Å². The maximum absolute atomic E-state index is 13.0. The number of phenolic OH excluding ortho intramolecular Hbond substituents is 1. The van der Waals surface area contributed by atoms with Crippen LogP contribution in [0.2, 0.25) is 0 Å². The summed E-state index contributed by atoms with van der Waals surface area (Å²) in [5.41, 5.74) is 1.05. The number of nitrogens with zero attached hydrogens (tertiary/aromatic N) is 2. The van der Waals surface area contributed by atoms with Crippen molar-refractivity contribution < 1.29 is 19.4 Å². The summed E-state index contributed by atoms with van der Waals surface area (Å²) in [5.74, 6) is 1.63. The van der Waals surface area contributed by atoms with E-state index >= 15 is 0 Å². The molecule has 7 heteroatoms. The summed E-state index contributed by atoms with van der Waals surface area (Å²) in [4.78, 5) is 28.9. The van der Waals surface area contributed by atoms with Crippen LogP contribution in [0.3, 0.4) is 0 Å². The molecule has 31 heavy (non-hydrogen) atoms. The molecule has 0 aliphatic carbocycles. The normalized spacial score (nSPS) is 19.9. The molecule has 0 radical (unpaired) electrons. The molecule has 2 saturated heterocycles. The minimum atomic E-state index is -0.124. The number of esters is 1. The number of aromatic hydroxyl groups is 1. The number of halogens is 1. The molecule has 0 unspecified atom stereocenters.